The molecule has 0 bridgehead atoms. The van der Waals surface area contributed by atoms with Crippen LogP contribution in [0.1, 0.15) is 46.0 Å². The molecule has 12 heteroatoms. The van der Waals surface area contributed by atoms with Crippen molar-refractivity contribution in [2.75, 3.05) is 25.2 Å². The van der Waals surface area contributed by atoms with Gasteiger partial charge in [0.05, 0.1) is 12.6 Å². The maximum absolute atomic E-state index is 12.7. The SMILES string of the molecule is CSCCC(NC(=O)C(N)CCCCN)C(=O)NC(CO)C(=O)NC(CC(C)C)C(=O)O. The van der Waals surface area contributed by atoms with Gasteiger partial charge < -0.3 is 37.6 Å². The predicted octanol–water partition coefficient (Wildman–Crippen LogP) is -1.23. The molecule has 0 aliphatic carbocycles. The summed E-state index contributed by atoms with van der Waals surface area (Å²) < 4.78 is 0. The highest BCUT2D eigenvalue weighted by Gasteiger charge is 2.30. The van der Waals surface area contributed by atoms with Crippen LogP contribution < -0.4 is 27.4 Å². The zero-order valence-electron chi connectivity index (χ0n) is 19.1. The minimum atomic E-state index is -1.36. The van der Waals surface area contributed by atoms with E-state index < -0.39 is 54.5 Å². The fourth-order valence-electron chi connectivity index (χ4n) is 2.85. The number of unbranched alkanes of at least 4 members (excludes halogenated alkanes) is 1. The lowest BCUT2D eigenvalue weighted by atomic mass is 10.0. The molecule has 9 N–H and O–H groups in total. The monoisotopic (exact) mass is 477 g/mol. The Morgan fingerprint density at radius 3 is 1.97 bits per heavy atom. The van der Waals surface area contributed by atoms with Gasteiger partial charge in [-0.15, -0.1) is 0 Å². The molecule has 0 rings (SSSR count). The molecule has 0 saturated carbocycles. The first-order valence-electron chi connectivity index (χ1n) is 10.8. The Hall–Kier alpha value is -1.89. The molecule has 0 fully saturated rings. The third-order valence-electron chi connectivity index (χ3n) is 4.69. The van der Waals surface area contributed by atoms with Crippen molar-refractivity contribution in [1.29, 1.82) is 0 Å². The smallest absolute Gasteiger partial charge is 0.326 e. The number of nitrogens with one attached hydrogen (secondary N) is 3. The summed E-state index contributed by atoms with van der Waals surface area (Å²) in [4.78, 5) is 48.9. The summed E-state index contributed by atoms with van der Waals surface area (Å²) in [6.07, 6.45) is 4.17. The molecule has 0 spiro atoms. The van der Waals surface area contributed by atoms with Gasteiger partial charge in [0.2, 0.25) is 17.7 Å². The summed E-state index contributed by atoms with van der Waals surface area (Å²) in [5.74, 6) is -2.60. The molecule has 186 valence electrons. The molecule has 0 aromatic carbocycles. The molecule has 0 heterocycles. The van der Waals surface area contributed by atoms with E-state index in [4.69, 9.17) is 11.5 Å². The highest BCUT2D eigenvalue weighted by molar-refractivity contribution is 7.98. The molecule has 0 aromatic rings. The third kappa shape index (κ3) is 12.2. The summed E-state index contributed by atoms with van der Waals surface area (Å²) in [6.45, 7) is 3.39. The van der Waals surface area contributed by atoms with E-state index in [2.05, 4.69) is 16.0 Å². The van der Waals surface area contributed by atoms with Crippen molar-refractivity contribution in [3.8, 4) is 0 Å². The fourth-order valence-corrected chi connectivity index (χ4v) is 3.33. The van der Waals surface area contributed by atoms with Gasteiger partial charge in [0.25, 0.3) is 0 Å². The van der Waals surface area contributed by atoms with Crippen molar-refractivity contribution in [3.05, 3.63) is 0 Å². The van der Waals surface area contributed by atoms with Gasteiger partial charge in [0, 0.05) is 0 Å². The van der Waals surface area contributed by atoms with Crippen LogP contribution in [0, 0.1) is 5.92 Å². The van der Waals surface area contributed by atoms with Crippen molar-refractivity contribution < 1.29 is 29.4 Å². The van der Waals surface area contributed by atoms with Crippen LogP contribution in [0.15, 0.2) is 0 Å². The van der Waals surface area contributed by atoms with Gasteiger partial charge in [0.1, 0.15) is 18.1 Å². The zero-order chi connectivity index (χ0) is 24.7. The predicted molar refractivity (Wildman–Crippen MR) is 124 cm³/mol. The second kappa shape index (κ2) is 16.7. The first-order valence-corrected chi connectivity index (χ1v) is 12.2. The van der Waals surface area contributed by atoms with Gasteiger partial charge in [0.15, 0.2) is 0 Å². The molecule has 0 aliphatic rings. The Labute approximate surface area is 193 Å². The van der Waals surface area contributed by atoms with Crippen molar-refractivity contribution in [2.24, 2.45) is 17.4 Å². The topological polar surface area (TPSA) is 197 Å². The molecular weight excluding hydrogens is 438 g/mol. The maximum atomic E-state index is 12.7. The number of aliphatic hydroxyl groups excluding tert-OH is 1. The summed E-state index contributed by atoms with van der Waals surface area (Å²) in [5.41, 5.74) is 11.3. The van der Waals surface area contributed by atoms with Gasteiger partial charge in [-0.2, -0.15) is 11.8 Å². The first-order chi connectivity index (χ1) is 15.1. The summed E-state index contributed by atoms with van der Waals surface area (Å²) in [7, 11) is 0. The molecule has 0 saturated heterocycles. The third-order valence-corrected chi connectivity index (χ3v) is 5.33. The molecular formula is C20H39N5O6S. The van der Waals surface area contributed by atoms with Crippen molar-refractivity contribution in [3.63, 3.8) is 0 Å². The van der Waals surface area contributed by atoms with E-state index in [0.29, 0.717) is 31.6 Å². The lowest BCUT2D eigenvalue weighted by Crippen LogP contribution is -2.58. The fraction of sp³-hybridized carbons (Fsp3) is 0.800. The maximum Gasteiger partial charge on any atom is 0.326 e. The summed E-state index contributed by atoms with van der Waals surface area (Å²) in [5, 5.41) is 26.2. The second-order valence-corrected chi connectivity index (χ2v) is 8.99. The van der Waals surface area contributed by atoms with E-state index >= 15 is 0 Å². The first kappa shape index (κ1) is 30.1. The molecule has 32 heavy (non-hydrogen) atoms. The number of carbonyl (C=O) groups excluding carboxylic acids is 3. The Morgan fingerprint density at radius 1 is 0.906 bits per heavy atom. The van der Waals surface area contributed by atoms with Gasteiger partial charge in [-0.1, -0.05) is 20.3 Å². The van der Waals surface area contributed by atoms with Gasteiger partial charge in [-0.25, -0.2) is 4.79 Å². The van der Waals surface area contributed by atoms with Crippen LogP contribution in [0.5, 0.6) is 0 Å². The molecule has 0 aliphatic heterocycles. The molecule has 4 atom stereocenters. The van der Waals surface area contributed by atoms with Gasteiger partial charge in [-0.3, -0.25) is 14.4 Å². The summed E-state index contributed by atoms with van der Waals surface area (Å²) in [6, 6.07) is -4.26. The van der Waals surface area contributed by atoms with E-state index in [0.717, 1.165) is 6.42 Å². The van der Waals surface area contributed by atoms with Crippen molar-refractivity contribution in [2.45, 2.75) is 70.1 Å². The number of thioether (sulfide) groups is 1. The van der Waals surface area contributed by atoms with Crippen LogP contribution in [0.3, 0.4) is 0 Å². The average molecular weight is 478 g/mol. The Morgan fingerprint density at radius 2 is 1.47 bits per heavy atom. The second-order valence-electron chi connectivity index (χ2n) is 8.01. The molecule has 4 unspecified atom stereocenters. The van der Waals surface area contributed by atoms with Crippen LogP contribution >= 0.6 is 11.8 Å². The highest BCUT2D eigenvalue weighted by Crippen LogP contribution is 2.07. The lowest BCUT2D eigenvalue weighted by Gasteiger charge is -2.24. The normalized spacial score (nSPS) is 14.8. The van der Waals surface area contributed by atoms with Crippen molar-refractivity contribution in [1.82, 2.24) is 16.0 Å². The van der Waals surface area contributed by atoms with E-state index in [1.807, 2.05) is 20.1 Å². The molecule has 0 radical (unpaired) electrons. The van der Waals surface area contributed by atoms with Crippen LogP contribution in [0.25, 0.3) is 0 Å². The number of carboxylic acids is 1. The van der Waals surface area contributed by atoms with Crippen LogP contribution in [-0.2, 0) is 19.2 Å². The Balaban J connectivity index is 5.12. The van der Waals surface area contributed by atoms with Crippen LogP contribution in [0.4, 0.5) is 0 Å². The largest absolute Gasteiger partial charge is 0.480 e. The van der Waals surface area contributed by atoms with E-state index in [-0.39, 0.29) is 12.3 Å². The van der Waals surface area contributed by atoms with Gasteiger partial charge in [-0.05, 0) is 50.2 Å². The average Bonchev–Trinajstić information content (AvgIpc) is 2.73. The van der Waals surface area contributed by atoms with E-state index in [1.165, 1.54) is 11.8 Å². The number of nitrogens with two attached hydrogens (primary N) is 2. The zero-order valence-corrected chi connectivity index (χ0v) is 20.0. The number of rotatable bonds is 17. The molecule has 3 amide bonds. The number of aliphatic carboxylic acids is 1. The van der Waals surface area contributed by atoms with Crippen LogP contribution in [-0.4, -0.2) is 83.2 Å². The number of aliphatic hydroxyl groups is 1. The van der Waals surface area contributed by atoms with Gasteiger partial charge >= 0.3 is 5.97 Å². The summed E-state index contributed by atoms with van der Waals surface area (Å²) >= 11 is 1.48. The Kier molecular flexibility index (Phi) is 15.7. The van der Waals surface area contributed by atoms with E-state index in [9.17, 15) is 29.4 Å². The number of carboxylic acid groups (broad SMARTS) is 1. The molecule has 11 nitrogen and oxygen atoms in total. The molecule has 0 aromatic heterocycles. The lowest BCUT2D eigenvalue weighted by molar-refractivity contribution is -0.143. The van der Waals surface area contributed by atoms with Crippen LogP contribution in [0.2, 0.25) is 0 Å². The number of carbonyl (C=O) groups is 4. The number of hydrogen-bond acceptors (Lipinski definition) is 8. The standard InChI is InChI=1S/C20H39N5O6S/c1-12(2)10-15(20(30)31)24-19(29)16(11-26)25-18(28)14(7-9-32-3)23-17(27)13(22)6-4-5-8-21/h12-16,26H,4-11,21-22H2,1-3H3,(H,23,27)(H,24,29)(H,25,28)(H,30,31). The Bertz CT molecular complexity index is 607. The van der Waals surface area contributed by atoms with E-state index in [1.54, 1.807) is 0 Å². The quantitative estimate of drug-likeness (QED) is 0.125. The minimum Gasteiger partial charge on any atom is -0.480 e. The van der Waals surface area contributed by atoms with Crippen molar-refractivity contribution >= 4 is 35.5 Å². The number of amides is 3. The number of hydrogen-bond donors (Lipinski definition) is 7. The highest BCUT2D eigenvalue weighted by atomic mass is 32.2. The minimum absolute atomic E-state index is 0.0127.